The van der Waals surface area contributed by atoms with Crippen LogP contribution in [0.5, 0.6) is 0 Å². The fourth-order valence-corrected chi connectivity index (χ4v) is 2.30. The summed E-state index contributed by atoms with van der Waals surface area (Å²) in [6.45, 7) is 1.64. The van der Waals surface area contributed by atoms with Crippen LogP contribution in [0.4, 0.5) is 5.69 Å². The molecular formula is C13H12INO2. The van der Waals surface area contributed by atoms with Crippen molar-refractivity contribution in [2.45, 2.75) is 13.0 Å². The molecule has 17 heavy (non-hydrogen) atoms. The van der Waals surface area contributed by atoms with Crippen LogP contribution in [-0.2, 0) is 4.79 Å². The Labute approximate surface area is 113 Å². The summed E-state index contributed by atoms with van der Waals surface area (Å²) in [6, 6.07) is 11.4. The molecule has 0 spiro atoms. The quantitative estimate of drug-likeness (QED) is 0.842. The van der Waals surface area contributed by atoms with E-state index in [0.717, 1.165) is 20.0 Å². The van der Waals surface area contributed by atoms with Crippen molar-refractivity contribution in [2.24, 2.45) is 0 Å². The molecule has 2 aromatic carbocycles. The number of benzene rings is 2. The van der Waals surface area contributed by atoms with E-state index in [2.05, 4.69) is 27.9 Å². The van der Waals surface area contributed by atoms with Crippen molar-refractivity contribution in [3.63, 3.8) is 0 Å². The molecule has 2 rings (SSSR count). The average molecular weight is 341 g/mol. The monoisotopic (exact) mass is 341 g/mol. The van der Waals surface area contributed by atoms with Crippen LogP contribution in [0, 0.1) is 3.57 Å². The Kier molecular flexibility index (Phi) is 3.51. The number of carbonyl (C=O) groups is 1. The molecule has 4 heteroatoms. The van der Waals surface area contributed by atoms with Gasteiger partial charge in [0.2, 0.25) is 0 Å². The molecule has 0 saturated heterocycles. The fraction of sp³-hybridized carbons (Fsp3) is 0.154. The van der Waals surface area contributed by atoms with Gasteiger partial charge < -0.3 is 10.4 Å². The lowest BCUT2D eigenvalue weighted by molar-refractivity contribution is -0.137. The Morgan fingerprint density at radius 2 is 2.00 bits per heavy atom. The minimum atomic E-state index is -0.853. The van der Waals surface area contributed by atoms with Gasteiger partial charge in [0.05, 0.1) is 5.69 Å². The van der Waals surface area contributed by atoms with Crippen LogP contribution in [-0.4, -0.2) is 17.1 Å². The Morgan fingerprint density at radius 3 is 2.71 bits per heavy atom. The SMILES string of the molecule is CC(Nc1c(I)ccc2ccccc12)C(=O)O. The van der Waals surface area contributed by atoms with Gasteiger partial charge in [-0.25, -0.2) is 0 Å². The van der Waals surface area contributed by atoms with Gasteiger partial charge >= 0.3 is 5.97 Å². The highest BCUT2D eigenvalue weighted by molar-refractivity contribution is 14.1. The van der Waals surface area contributed by atoms with Crippen molar-refractivity contribution in [3.05, 3.63) is 40.0 Å². The topological polar surface area (TPSA) is 49.3 Å². The van der Waals surface area contributed by atoms with Crippen molar-refractivity contribution in [1.29, 1.82) is 0 Å². The highest BCUT2D eigenvalue weighted by atomic mass is 127. The number of rotatable bonds is 3. The number of hydrogen-bond acceptors (Lipinski definition) is 2. The Bertz CT molecular complexity index is 568. The maximum absolute atomic E-state index is 10.9. The number of carboxylic acids is 1. The summed E-state index contributed by atoms with van der Waals surface area (Å²) in [7, 11) is 0. The minimum Gasteiger partial charge on any atom is -0.480 e. The van der Waals surface area contributed by atoms with Gasteiger partial charge in [-0.3, -0.25) is 4.79 Å². The van der Waals surface area contributed by atoms with Gasteiger partial charge in [0.15, 0.2) is 0 Å². The van der Waals surface area contributed by atoms with Gasteiger partial charge in [0.1, 0.15) is 6.04 Å². The predicted molar refractivity (Wildman–Crippen MR) is 77.4 cm³/mol. The van der Waals surface area contributed by atoms with Crippen molar-refractivity contribution in [2.75, 3.05) is 5.32 Å². The van der Waals surface area contributed by atoms with E-state index >= 15 is 0 Å². The van der Waals surface area contributed by atoms with Gasteiger partial charge in [0, 0.05) is 8.96 Å². The molecule has 3 nitrogen and oxygen atoms in total. The molecule has 1 atom stereocenters. The molecule has 1 unspecified atom stereocenters. The van der Waals surface area contributed by atoms with E-state index < -0.39 is 12.0 Å². The summed E-state index contributed by atoms with van der Waals surface area (Å²) in [4.78, 5) is 10.9. The van der Waals surface area contributed by atoms with Gasteiger partial charge in [-0.1, -0.05) is 30.3 Å². The molecule has 2 N–H and O–H groups in total. The zero-order valence-electron chi connectivity index (χ0n) is 9.27. The zero-order valence-corrected chi connectivity index (χ0v) is 11.4. The molecule has 0 aromatic heterocycles. The van der Waals surface area contributed by atoms with E-state index in [1.54, 1.807) is 6.92 Å². The van der Waals surface area contributed by atoms with Gasteiger partial charge in [-0.15, -0.1) is 0 Å². The Morgan fingerprint density at radius 1 is 1.29 bits per heavy atom. The minimum absolute atomic E-state index is 0.602. The third-order valence-electron chi connectivity index (χ3n) is 2.61. The first-order valence-electron chi connectivity index (χ1n) is 5.26. The number of aliphatic carboxylic acids is 1. The summed E-state index contributed by atoms with van der Waals surface area (Å²) in [6.07, 6.45) is 0. The Hall–Kier alpha value is -1.30. The van der Waals surface area contributed by atoms with Crippen LogP contribution in [0.15, 0.2) is 36.4 Å². The molecule has 88 valence electrons. The zero-order chi connectivity index (χ0) is 12.4. The van der Waals surface area contributed by atoms with E-state index in [9.17, 15) is 4.79 Å². The molecule has 0 aliphatic rings. The molecule has 0 fully saturated rings. The number of carboxylic acid groups (broad SMARTS) is 1. The summed E-state index contributed by atoms with van der Waals surface area (Å²) < 4.78 is 1.02. The smallest absolute Gasteiger partial charge is 0.325 e. The highest BCUT2D eigenvalue weighted by Gasteiger charge is 2.13. The largest absolute Gasteiger partial charge is 0.480 e. The predicted octanol–water partition coefficient (Wildman–Crippen LogP) is 3.33. The summed E-state index contributed by atoms with van der Waals surface area (Å²) in [5, 5.41) is 14.1. The van der Waals surface area contributed by atoms with E-state index in [-0.39, 0.29) is 0 Å². The van der Waals surface area contributed by atoms with E-state index in [0.29, 0.717) is 0 Å². The lowest BCUT2D eigenvalue weighted by Gasteiger charge is -2.15. The van der Waals surface area contributed by atoms with Gasteiger partial charge in [-0.05, 0) is 41.0 Å². The molecule has 0 amide bonds. The first kappa shape index (κ1) is 12.2. The molecule has 0 radical (unpaired) electrons. The van der Waals surface area contributed by atoms with Crippen LogP contribution in [0.1, 0.15) is 6.92 Å². The molecular weight excluding hydrogens is 329 g/mol. The van der Waals surface area contributed by atoms with Crippen LogP contribution >= 0.6 is 22.6 Å². The lowest BCUT2D eigenvalue weighted by Crippen LogP contribution is -2.25. The molecule has 0 bridgehead atoms. The second kappa shape index (κ2) is 4.91. The van der Waals surface area contributed by atoms with E-state index in [1.165, 1.54) is 0 Å². The standard InChI is InChI=1S/C13H12INO2/c1-8(13(16)17)15-12-10-5-3-2-4-9(10)6-7-11(12)14/h2-8,15H,1H3,(H,16,17). The normalized spacial score (nSPS) is 12.4. The van der Waals surface area contributed by atoms with Crippen molar-refractivity contribution >= 4 is 45.0 Å². The molecule has 0 aliphatic heterocycles. The fourth-order valence-electron chi connectivity index (χ4n) is 1.67. The third-order valence-corrected chi connectivity index (χ3v) is 3.51. The number of fused-ring (bicyclic) bond motifs is 1. The van der Waals surface area contributed by atoms with Crippen LogP contribution in [0.3, 0.4) is 0 Å². The van der Waals surface area contributed by atoms with Gasteiger partial charge in [-0.2, -0.15) is 0 Å². The molecule has 0 aliphatic carbocycles. The second-order valence-corrected chi connectivity index (χ2v) is 5.01. The summed E-state index contributed by atoms with van der Waals surface area (Å²) in [5.74, 6) is -0.853. The van der Waals surface area contributed by atoms with Crippen molar-refractivity contribution < 1.29 is 9.90 Å². The molecule has 2 aromatic rings. The van der Waals surface area contributed by atoms with Crippen LogP contribution in [0.25, 0.3) is 10.8 Å². The maximum Gasteiger partial charge on any atom is 0.325 e. The van der Waals surface area contributed by atoms with Crippen molar-refractivity contribution in [3.8, 4) is 0 Å². The van der Waals surface area contributed by atoms with E-state index in [4.69, 9.17) is 5.11 Å². The molecule has 0 heterocycles. The van der Waals surface area contributed by atoms with Crippen LogP contribution < -0.4 is 5.32 Å². The van der Waals surface area contributed by atoms with Gasteiger partial charge in [0.25, 0.3) is 0 Å². The maximum atomic E-state index is 10.9. The average Bonchev–Trinajstić information content (AvgIpc) is 2.32. The first-order valence-corrected chi connectivity index (χ1v) is 6.34. The third kappa shape index (κ3) is 2.52. The Balaban J connectivity index is 2.51. The first-order chi connectivity index (χ1) is 8.09. The second-order valence-electron chi connectivity index (χ2n) is 3.85. The van der Waals surface area contributed by atoms with Crippen molar-refractivity contribution in [1.82, 2.24) is 0 Å². The van der Waals surface area contributed by atoms with Crippen LogP contribution in [0.2, 0.25) is 0 Å². The lowest BCUT2D eigenvalue weighted by atomic mass is 10.1. The molecule has 0 saturated carbocycles. The highest BCUT2D eigenvalue weighted by Crippen LogP contribution is 2.29. The summed E-state index contributed by atoms with van der Waals surface area (Å²) in [5.41, 5.74) is 0.888. The number of halogens is 1. The van der Waals surface area contributed by atoms with E-state index in [1.807, 2.05) is 36.4 Å². The number of anilines is 1. The summed E-state index contributed by atoms with van der Waals surface area (Å²) >= 11 is 2.21. The number of nitrogens with one attached hydrogen (secondary N) is 1. The number of hydrogen-bond donors (Lipinski definition) is 2.